The van der Waals surface area contributed by atoms with Crippen molar-refractivity contribution < 1.29 is 37.6 Å². The van der Waals surface area contributed by atoms with Crippen LogP contribution in [0.1, 0.15) is 174 Å². The van der Waals surface area contributed by atoms with E-state index in [2.05, 4.69) is 26.0 Å². The Kier molecular flexibility index (Phi) is 32.7. The Morgan fingerprint density at radius 1 is 0.630 bits per heavy atom. The quantitative estimate of drug-likeness (QED) is 0.0291. The molecular weight excluding hydrogens is 605 g/mol. The van der Waals surface area contributed by atoms with Crippen LogP contribution in [0.25, 0.3) is 0 Å². The van der Waals surface area contributed by atoms with Gasteiger partial charge in [0.05, 0.1) is 13.2 Å². The van der Waals surface area contributed by atoms with Gasteiger partial charge in [-0.15, -0.1) is 0 Å². The molecule has 0 fully saturated rings. The summed E-state index contributed by atoms with van der Waals surface area (Å²) in [7, 11) is -4.36. The van der Waals surface area contributed by atoms with Gasteiger partial charge in [0.2, 0.25) is 0 Å². The molecule has 0 saturated heterocycles. The molecule has 9 nitrogen and oxygen atoms in total. The Bertz CT molecular complexity index is 779. The summed E-state index contributed by atoms with van der Waals surface area (Å²) in [6, 6.07) is 0. The zero-order valence-electron chi connectivity index (χ0n) is 29.6. The number of hydrogen-bond acceptors (Lipinski definition) is 8. The first-order valence-corrected chi connectivity index (χ1v) is 20.2. The fourth-order valence-corrected chi connectivity index (χ4v) is 5.85. The van der Waals surface area contributed by atoms with Crippen LogP contribution in [-0.4, -0.2) is 49.3 Å². The van der Waals surface area contributed by atoms with E-state index in [1.54, 1.807) is 0 Å². The number of nitrogens with two attached hydrogens (primary N) is 1. The van der Waals surface area contributed by atoms with Crippen LogP contribution < -0.4 is 5.73 Å². The molecule has 10 heteroatoms. The molecule has 0 amide bonds. The largest absolute Gasteiger partial charge is 0.472 e. The van der Waals surface area contributed by atoms with Crippen molar-refractivity contribution in [1.82, 2.24) is 0 Å². The number of carbonyl (C=O) groups excluding carboxylic acids is 2. The predicted molar refractivity (Wildman–Crippen MR) is 188 cm³/mol. The third kappa shape index (κ3) is 32.7. The zero-order valence-corrected chi connectivity index (χ0v) is 30.5. The van der Waals surface area contributed by atoms with E-state index in [4.69, 9.17) is 24.3 Å². The Morgan fingerprint density at radius 3 is 1.61 bits per heavy atom. The summed E-state index contributed by atoms with van der Waals surface area (Å²) in [5, 5.41) is 0. The predicted octanol–water partition coefficient (Wildman–Crippen LogP) is 9.88. The summed E-state index contributed by atoms with van der Waals surface area (Å²) in [6.45, 7) is 3.68. The van der Waals surface area contributed by atoms with Crippen molar-refractivity contribution in [3.8, 4) is 0 Å². The Morgan fingerprint density at radius 2 is 1.09 bits per heavy atom. The van der Waals surface area contributed by atoms with Crippen molar-refractivity contribution in [3.05, 3.63) is 12.2 Å². The molecule has 0 aliphatic rings. The first-order chi connectivity index (χ1) is 22.3. The first kappa shape index (κ1) is 44.8. The molecular formula is C36H70NO8P. The van der Waals surface area contributed by atoms with Crippen molar-refractivity contribution in [2.24, 2.45) is 5.73 Å². The molecule has 2 atom stereocenters. The number of hydrogen-bond donors (Lipinski definition) is 2. The number of phosphoric acid groups is 1. The number of carbonyl (C=O) groups is 2. The van der Waals surface area contributed by atoms with E-state index in [9.17, 15) is 19.0 Å². The van der Waals surface area contributed by atoms with E-state index < -0.39 is 26.5 Å². The van der Waals surface area contributed by atoms with E-state index in [1.165, 1.54) is 83.5 Å². The minimum absolute atomic E-state index is 0.0544. The monoisotopic (exact) mass is 675 g/mol. The number of ether oxygens (including phenoxy) is 2. The second-order valence-corrected chi connectivity index (χ2v) is 13.9. The summed E-state index contributed by atoms with van der Waals surface area (Å²) in [4.78, 5) is 34.6. The molecule has 46 heavy (non-hydrogen) atoms. The molecule has 0 aromatic carbocycles. The van der Waals surface area contributed by atoms with Crippen LogP contribution >= 0.6 is 7.82 Å². The highest BCUT2D eigenvalue weighted by atomic mass is 31.2. The number of unbranched alkanes of at least 4 members (excludes halogenated alkanes) is 20. The van der Waals surface area contributed by atoms with E-state index in [-0.39, 0.29) is 38.6 Å². The molecule has 0 spiro atoms. The van der Waals surface area contributed by atoms with Crippen LogP contribution in [0.15, 0.2) is 12.2 Å². The van der Waals surface area contributed by atoms with Gasteiger partial charge in [-0.3, -0.25) is 18.6 Å². The number of rotatable bonds is 35. The third-order valence-corrected chi connectivity index (χ3v) is 8.89. The zero-order chi connectivity index (χ0) is 34.0. The van der Waals surface area contributed by atoms with Gasteiger partial charge in [-0.25, -0.2) is 4.57 Å². The maximum atomic E-state index is 12.5. The van der Waals surface area contributed by atoms with Gasteiger partial charge in [-0.1, -0.05) is 142 Å². The van der Waals surface area contributed by atoms with Gasteiger partial charge in [-0.2, -0.15) is 0 Å². The van der Waals surface area contributed by atoms with Crippen molar-refractivity contribution in [2.45, 2.75) is 180 Å². The number of phosphoric ester groups is 1. The van der Waals surface area contributed by atoms with Crippen molar-refractivity contribution in [1.29, 1.82) is 0 Å². The normalized spacial score (nSPS) is 13.6. The molecule has 0 aliphatic heterocycles. The van der Waals surface area contributed by atoms with Crippen LogP contribution in [0.4, 0.5) is 0 Å². The molecule has 0 rings (SSSR count). The topological polar surface area (TPSA) is 134 Å². The average Bonchev–Trinajstić information content (AvgIpc) is 3.04. The smallest absolute Gasteiger partial charge is 0.462 e. The summed E-state index contributed by atoms with van der Waals surface area (Å²) >= 11 is 0. The van der Waals surface area contributed by atoms with Crippen LogP contribution in [0.2, 0.25) is 0 Å². The van der Waals surface area contributed by atoms with Gasteiger partial charge < -0.3 is 20.1 Å². The minimum Gasteiger partial charge on any atom is -0.462 e. The highest BCUT2D eigenvalue weighted by Crippen LogP contribution is 2.43. The Labute approximate surface area is 281 Å². The van der Waals surface area contributed by atoms with Gasteiger partial charge >= 0.3 is 19.8 Å². The third-order valence-electron chi connectivity index (χ3n) is 7.90. The van der Waals surface area contributed by atoms with E-state index >= 15 is 0 Å². The molecule has 0 bridgehead atoms. The van der Waals surface area contributed by atoms with Crippen LogP contribution in [0.5, 0.6) is 0 Å². The van der Waals surface area contributed by atoms with Crippen molar-refractivity contribution in [2.75, 3.05) is 26.4 Å². The molecule has 0 saturated carbocycles. The second-order valence-electron chi connectivity index (χ2n) is 12.4. The summed E-state index contributed by atoms with van der Waals surface area (Å²) in [6.07, 6.45) is 31.0. The molecule has 3 N–H and O–H groups in total. The highest BCUT2D eigenvalue weighted by molar-refractivity contribution is 7.47. The second kappa shape index (κ2) is 33.6. The molecule has 1 unspecified atom stereocenters. The van der Waals surface area contributed by atoms with Crippen molar-refractivity contribution in [3.63, 3.8) is 0 Å². The SMILES string of the molecule is CCCC/C=C/CCCCCCCC(=O)O[C@H](COC(=O)CCCCCCCCCCCCCCCC)COP(=O)(O)OCCN. The Balaban J connectivity index is 4.21. The summed E-state index contributed by atoms with van der Waals surface area (Å²) < 4.78 is 32.6. The standard InChI is InChI=1S/C36H70NO8P/c1-3-5-7-9-11-13-15-16-17-19-20-22-24-26-28-35(38)42-32-34(33-44-46(40,41)43-31-30-37)45-36(39)29-27-25-23-21-18-14-12-10-8-6-4-2/h10,12,34H,3-9,11,13-33,37H2,1-2H3,(H,40,41)/b12-10+/t34-/m1/s1. The molecule has 0 aromatic heterocycles. The fourth-order valence-electron chi connectivity index (χ4n) is 5.09. The maximum absolute atomic E-state index is 12.5. The van der Waals surface area contributed by atoms with Crippen LogP contribution in [0.3, 0.4) is 0 Å². The van der Waals surface area contributed by atoms with Gasteiger partial charge in [0.1, 0.15) is 6.61 Å². The molecule has 0 aromatic rings. The highest BCUT2D eigenvalue weighted by Gasteiger charge is 2.25. The molecule has 0 aliphatic carbocycles. The lowest BCUT2D eigenvalue weighted by Crippen LogP contribution is -2.29. The van der Waals surface area contributed by atoms with Crippen LogP contribution in [0, 0.1) is 0 Å². The fraction of sp³-hybridized carbons (Fsp3) is 0.889. The average molecular weight is 676 g/mol. The van der Waals surface area contributed by atoms with Gasteiger partial charge in [0.15, 0.2) is 6.10 Å². The van der Waals surface area contributed by atoms with E-state index in [1.807, 2.05) is 0 Å². The maximum Gasteiger partial charge on any atom is 0.472 e. The number of allylic oxidation sites excluding steroid dienone is 2. The number of esters is 2. The van der Waals surface area contributed by atoms with E-state index in [0.717, 1.165) is 57.8 Å². The lowest BCUT2D eigenvalue weighted by molar-refractivity contribution is -0.161. The minimum atomic E-state index is -4.36. The van der Waals surface area contributed by atoms with Gasteiger partial charge in [-0.05, 0) is 32.1 Å². The Hall–Kier alpha value is -1.25. The van der Waals surface area contributed by atoms with Crippen molar-refractivity contribution >= 4 is 19.8 Å². The first-order valence-electron chi connectivity index (χ1n) is 18.7. The van der Waals surface area contributed by atoms with E-state index in [0.29, 0.717) is 6.42 Å². The lowest BCUT2D eigenvalue weighted by Gasteiger charge is -2.19. The summed E-state index contributed by atoms with van der Waals surface area (Å²) in [5.41, 5.74) is 5.32. The summed E-state index contributed by atoms with van der Waals surface area (Å²) in [5.74, 6) is -0.835. The molecule has 0 radical (unpaired) electrons. The van der Waals surface area contributed by atoms with Gasteiger partial charge in [0, 0.05) is 19.4 Å². The van der Waals surface area contributed by atoms with Crippen LogP contribution in [-0.2, 0) is 32.7 Å². The lowest BCUT2D eigenvalue weighted by atomic mass is 10.0. The molecule has 0 heterocycles. The molecule has 272 valence electrons. The van der Waals surface area contributed by atoms with Gasteiger partial charge in [0.25, 0.3) is 0 Å².